The summed E-state index contributed by atoms with van der Waals surface area (Å²) < 4.78 is 0. The van der Waals surface area contributed by atoms with Gasteiger partial charge in [-0.25, -0.2) is 0 Å². The van der Waals surface area contributed by atoms with E-state index in [0.717, 1.165) is 13.1 Å². The third kappa shape index (κ3) is 4.11. The molecule has 1 atom stereocenters. The molecule has 1 fully saturated rings. The van der Waals surface area contributed by atoms with E-state index in [0.29, 0.717) is 6.04 Å². The molecule has 0 aliphatic carbocycles. The number of likely N-dealkylation sites (tertiary alicyclic amines) is 1. The molecule has 1 N–H and O–H groups in total. The van der Waals surface area contributed by atoms with Gasteiger partial charge in [0.25, 0.3) is 0 Å². The number of hydrogen-bond donors (Lipinski definition) is 1. The highest BCUT2D eigenvalue weighted by atomic mass is 15.1. The van der Waals surface area contributed by atoms with Crippen LogP contribution in [0, 0.1) is 0 Å². The van der Waals surface area contributed by atoms with Gasteiger partial charge in [0.15, 0.2) is 0 Å². The van der Waals surface area contributed by atoms with Crippen LogP contribution in [0.1, 0.15) is 44.2 Å². The van der Waals surface area contributed by atoms with E-state index < -0.39 is 0 Å². The Morgan fingerprint density at radius 2 is 1.83 bits per heavy atom. The lowest BCUT2D eigenvalue weighted by molar-refractivity contribution is 0.205. The van der Waals surface area contributed by atoms with E-state index in [1.807, 2.05) is 0 Å². The topological polar surface area (TPSA) is 15.3 Å². The van der Waals surface area contributed by atoms with E-state index in [-0.39, 0.29) is 0 Å². The standard InChI is InChI=1S/C16H26N2/c1-2-11-17-16(15-9-5-3-6-10-15)14-18-12-7-4-8-13-18/h3,5-6,9-10,16-17H,2,4,7-8,11-14H2,1H3. The molecule has 2 nitrogen and oxygen atoms in total. The van der Waals surface area contributed by atoms with Gasteiger partial charge in [-0.3, -0.25) is 0 Å². The first-order valence-electron chi connectivity index (χ1n) is 7.41. The Hall–Kier alpha value is -0.860. The van der Waals surface area contributed by atoms with Gasteiger partial charge in [0.1, 0.15) is 0 Å². The number of rotatable bonds is 6. The molecule has 1 aromatic rings. The van der Waals surface area contributed by atoms with Crippen molar-refractivity contribution in [1.82, 2.24) is 10.2 Å². The van der Waals surface area contributed by atoms with Gasteiger partial charge in [0.2, 0.25) is 0 Å². The fourth-order valence-electron chi connectivity index (χ4n) is 2.69. The monoisotopic (exact) mass is 246 g/mol. The van der Waals surface area contributed by atoms with E-state index >= 15 is 0 Å². The van der Waals surface area contributed by atoms with Crippen molar-refractivity contribution < 1.29 is 0 Å². The van der Waals surface area contributed by atoms with E-state index in [4.69, 9.17) is 0 Å². The van der Waals surface area contributed by atoms with Crippen molar-refractivity contribution in [3.8, 4) is 0 Å². The zero-order valence-corrected chi connectivity index (χ0v) is 11.6. The van der Waals surface area contributed by atoms with Gasteiger partial charge < -0.3 is 10.2 Å². The molecule has 0 amide bonds. The minimum atomic E-state index is 0.490. The average molecular weight is 246 g/mol. The number of piperidine rings is 1. The van der Waals surface area contributed by atoms with Crippen molar-refractivity contribution in [3.05, 3.63) is 35.9 Å². The summed E-state index contributed by atoms with van der Waals surface area (Å²) in [7, 11) is 0. The number of benzene rings is 1. The average Bonchev–Trinajstić information content (AvgIpc) is 2.45. The van der Waals surface area contributed by atoms with Crippen molar-refractivity contribution in [2.75, 3.05) is 26.2 Å². The minimum absolute atomic E-state index is 0.490. The third-order valence-electron chi connectivity index (χ3n) is 3.73. The summed E-state index contributed by atoms with van der Waals surface area (Å²) in [6.07, 6.45) is 5.35. The summed E-state index contributed by atoms with van der Waals surface area (Å²) in [6.45, 7) is 7.04. The second-order valence-corrected chi connectivity index (χ2v) is 5.28. The van der Waals surface area contributed by atoms with Gasteiger partial charge in [-0.2, -0.15) is 0 Å². The normalized spacial score (nSPS) is 18.7. The van der Waals surface area contributed by atoms with Gasteiger partial charge in [-0.15, -0.1) is 0 Å². The largest absolute Gasteiger partial charge is 0.309 e. The first-order valence-corrected chi connectivity index (χ1v) is 7.41. The molecule has 1 saturated heterocycles. The van der Waals surface area contributed by atoms with Crippen LogP contribution in [0.5, 0.6) is 0 Å². The molecule has 0 bridgehead atoms. The van der Waals surface area contributed by atoms with Gasteiger partial charge in [-0.05, 0) is 44.5 Å². The Kier molecular flexibility index (Phi) is 5.69. The van der Waals surface area contributed by atoms with Crippen molar-refractivity contribution in [2.24, 2.45) is 0 Å². The van der Waals surface area contributed by atoms with Gasteiger partial charge >= 0.3 is 0 Å². The molecule has 1 aromatic carbocycles. The molecule has 1 aliphatic rings. The van der Waals surface area contributed by atoms with Crippen molar-refractivity contribution >= 4 is 0 Å². The highest BCUT2D eigenvalue weighted by Gasteiger charge is 2.17. The highest BCUT2D eigenvalue weighted by molar-refractivity contribution is 5.19. The summed E-state index contributed by atoms with van der Waals surface area (Å²) in [4.78, 5) is 2.61. The lowest BCUT2D eigenvalue weighted by Gasteiger charge is -2.31. The number of nitrogens with one attached hydrogen (secondary N) is 1. The van der Waals surface area contributed by atoms with Crippen LogP contribution in [-0.2, 0) is 0 Å². The van der Waals surface area contributed by atoms with E-state index in [2.05, 4.69) is 47.5 Å². The Morgan fingerprint density at radius 1 is 1.11 bits per heavy atom. The Balaban J connectivity index is 1.95. The van der Waals surface area contributed by atoms with Crippen LogP contribution in [0.4, 0.5) is 0 Å². The molecular weight excluding hydrogens is 220 g/mol. The predicted octanol–water partition coefficient (Wildman–Crippen LogP) is 3.21. The van der Waals surface area contributed by atoms with E-state index in [1.54, 1.807) is 0 Å². The Bertz CT molecular complexity index is 317. The van der Waals surface area contributed by atoms with Crippen LogP contribution in [-0.4, -0.2) is 31.1 Å². The second kappa shape index (κ2) is 7.55. The summed E-state index contributed by atoms with van der Waals surface area (Å²) in [6, 6.07) is 11.4. The Morgan fingerprint density at radius 3 is 2.50 bits per heavy atom. The highest BCUT2D eigenvalue weighted by Crippen LogP contribution is 2.17. The molecule has 2 rings (SSSR count). The predicted molar refractivity (Wildman–Crippen MR) is 77.8 cm³/mol. The molecule has 0 spiro atoms. The summed E-state index contributed by atoms with van der Waals surface area (Å²) in [5.41, 5.74) is 1.43. The lowest BCUT2D eigenvalue weighted by atomic mass is 10.0. The lowest BCUT2D eigenvalue weighted by Crippen LogP contribution is -2.38. The molecule has 0 aromatic heterocycles. The quantitative estimate of drug-likeness (QED) is 0.829. The molecular formula is C16H26N2. The Labute approximate surface area is 111 Å². The van der Waals surface area contributed by atoms with E-state index in [9.17, 15) is 0 Å². The van der Waals surface area contributed by atoms with Gasteiger partial charge in [0, 0.05) is 12.6 Å². The molecule has 2 heteroatoms. The smallest absolute Gasteiger partial charge is 0.0449 e. The van der Waals surface area contributed by atoms with E-state index in [1.165, 1.54) is 44.3 Å². The maximum Gasteiger partial charge on any atom is 0.0449 e. The molecule has 0 saturated carbocycles. The first kappa shape index (κ1) is 13.6. The van der Waals surface area contributed by atoms with Crippen LogP contribution in [0.25, 0.3) is 0 Å². The van der Waals surface area contributed by atoms with Crippen LogP contribution in [0.2, 0.25) is 0 Å². The fraction of sp³-hybridized carbons (Fsp3) is 0.625. The molecule has 1 heterocycles. The molecule has 1 unspecified atom stereocenters. The minimum Gasteiger partial charge on any atom is -0.309 e. The first-order chi connectivity index (χ1) is 8.90. The van der Waals surface area contributed by atoms with Gasteiger partial charge in [0.05, 0.1) is 0 Å². The number of nitrogens with zero attached hydrogens (tertiary/aromatic N) is 1. The summed E-state index contributed by atoms with van der Waals surface area (Å²) in [5, 5.41) is 3.69. The molecule has 18 heavy (non-hydrogen) atoms. The maximum atomic E-state index is 3.69. The zero-order chi connectivity index (χ0) is 12.6. The van der Waals surface area contributed by atoms with Crippen molar-refractivity contribution in [2.45, 2.75) is 38.6 Å². The number of hydrogen-bond acceptors (Lipinski definition) is 2. The van der Waals surface area contributed by atoms with Crippen LogP contribution >= 0.6 is 0 Å². The molecule has 1 aliphatic heterocycles. The van der Waals surface area contributed by atoms with Crippen molar-refractivity contribution in [3.63, 3.8) is 0 Å². The summed E-state index contributed by atoms with van der Waals surface area (Å²) in [5.74, 6) is 0. The van der Waals surface area contributed by atoms with Crippen LogP contribution in [0.15, 0.2) is 30.3 Å². The summed E-state index contributed by atoms with van der Waals surface area (Å²) >= 11 is 0. The molecule has 100 valence electrons. The van der Waals surface area contributed by atoms with Crippen LogP contribution in [0.3, 0.4) is 0 Å². The zero-order valence-electron chi connectivity index (χ0n) is 11.6. The SMILES string of the molecule is CCCNC(CN1CCCCC1)c1ccccc1. The van der Waals surface area contributed by atoms with Crippen LogP contribution < -0.4 is 5.32 Å². The van der Waals surface area contributed by atoms with Gasteiger partial charge in [-0.1, -0.05) is 43.7 Å². The fourth-order valence-corrected chi connectivity index (χ4v) is 2.69. The second-order valence-electron chi connectivity index (χ2n) is 5.28. The molecule has 0 radical (unpaired) electrons. The maximum absolute atomic E-state index is 3.69. The third-order valence-corrected chi connectivity index (χ3v) is 3.73. The van der Waals surface area contributed by atoms with Crippen molar-refractivity contribution in [1.29, 1.82) is 0 Å².